The van der Waals surface area contributed by atoms with Gasteiger partial charge in [-0.1, -0.05) is 0 Å². The van der Waals surface area contributed by atoms with Gasteiger partial charge in [-0.15, -0.1) is 11.3 Å². The Labute approximate surface area is 130 Å². The molecule has 0 radical (unpaired) electrons. The van der Waals surface area contributed by atoms with Crippen molar-refractivity contribution in [3.8, 4) is 0 Å². The second-order valence-electron chi connectivity index (χ2n) is 5.78. The van der Waals surface area contributed by atoms with Crippen LogP contribution >= 0.6 is 11.3 Å². The highest BCUT2D eigenvalue weighted by molar-refractivity contribution is 7.91. The Bertz CT molecular complexity index is 561. The number of ether oxygens (including phenoxy) is 1. The molecule has 1 saturated heterocycles. The van der Waals surface area contributed by atoms with Gasteiger partial charge in [0.1, 0.15) is 4.21 Å². The van der Waals surface area contributed by atoms with Gasteiger partial charge < -0.3 is 10.1 Å². The van der Waals surface area contributed by atoms with Crippen molar-refractivity contribution in [2.75, 3.05) is 26.3 Å². The van der Waals surface area contributed by atoms with Crippen LogP contribution in [0, 0.1) is 5.92 Å². The van der Waals surface area contributed by atoms with Gasteiger partial charge in [0.05, 0.1) is 6.61 Å². The van der Waals surface area contributed by atoms with Crippen molar-refractivity contribution in [3.05, 3.63) is 17.0 Å². The maximum Gasteiger partial charge on any atom is 0.250 e. The van der Waals surface area contributed by atoms with E-state index in [4.69, 9.17) is 4.74 Å². The van der Waals surface area contributed by atoms with E-state index in [9.17, 15) is 8.42 Å². The summed E-state index contributed by atoms with van der Waals surface area (Å²) in [5.74, 6) is 0.307. The first-order chi connectivity index (χ1) is 10.1. The van der Waals surface area contributed by atoms with Crippen LogP contribution in [0.15, 0.2) is 16.3 Å². The highest BCUT2D eigenvalue weighted by Crippen LogP contribution is 2.23. The lowest BCUT2D eigenvalue weighted by atomic mass is 10.1. The molecule has 5 nitrogen and oxygen atoms in total. The molecule has 2 fully saturated rings. The van der Waals surface area contributed by atoms with Gasteiger partial charge in [0.15, 0.2) is 0 Å². The molecule has 1 atom stereocenters. The average molecular weight is 330 g/mol. The SMILES string of the molecule is O=S(=O)(NCC1CCOC1)c1ccc(CCNC2CC2)s1. The molecule has 3 rings (SSSR count). The Kier molecular flexibility index (Phi) is 4.96. The molecule has 1 aliphatic heterocycles. The molecule has 2 N–H and O–H groups in total. The standard InChI is InChI=1S/C14H22N2O3S2/c17-21(18,16-9-11-6-8-19-10-11)14-4-3-13(20-14)5-7-15-12-1-2-12/h3-4,11-12,15-16H,1-2,5-10H2. The van der Waals surface area contributed by atoms with Crippen LogP contribution < -0.4 is 10.0 Å². The van der Waals surface area contributed by atoms with E-state index in [1.807, 2.05) is 6.07 Å². The minimum absolute atomic E-state index is 0.307. The first-order valence-corrected chi connectivity index (χ1v) is 9.83. The Morgan fingerprint density at radius 2 is 2.14 bits per heavy atom. The van der Waals surface area contributed by atoms with Crippen LogP contribution in [0.25, 0.3) is 0 Å². The van der Waals surface area contributed by atoms with Gasteiger partial charge in [0.2, 0.25) is 10.0 Å². The van der Waals surface area contributed by atoms with Crippen LogP contribution in [-0.4, -0.2) is 40.8 Å². The molecule has 0 aromatic carbocycles. The van der Waals surface area contributed by atoms with Crippen molar-refractivity contribution in [1.82, 2.24) is 10.0 Å². The Morgan fingerprint density at radius 3 is 2.86 bits per heavy atom. The fourth-order valence-corrected chi connectivity index (χ4v) is 4.88. The third kappa shape index (κ3) is 4.50. The topological polar surface area (TPSA) is 67.4 Å². The number of rotatable bonds is 8. The number of hydrogen-bond donors (Lipinski definition) is 2. The number of hydrogen-bond acceptors (Lipinski definition) is 5. The fraction of sp³-hybridized carbons (Fsp3) is 0.714. The molecule has 118 valence electrons. The van der Waals surface area contributed by atoms with Crippen LogP contribution in [0.3, 0.4) is 0 Å². The fourth-order valence-electron chi connectivity index (χ4n) is 2.37. The first kappa shape index (κ1) is 15.4. The summed E-state index contributed by atoms with van der Waals surface area (Å²) in [4.78, 5) is 1.12. The van der Waals surface area contributed by atoms with Gasteiger partial charge in [0.25, 0.3) is 0 Å². The average Bonchev–Trinajstić information content (AvgIpc) is 2.94. The molecule has 0 amide bonds. The minimum Gasteiger partial charge on any atom is -0.381 e. The molecule has 0 spiro atoms. The van der Waals surface area contributed by atoms with Crippen molar-refractivity contribution in [1.29, 1.82) is 0 Å². The Hall–Kier alpha value is -0.470. The minimum atomic E-state index is -3.36. The first-order valence-electron chi connectivity index (χ1n) is 7.53. The van der Waals surface area contributed by atoms with Crippen LogP contribution in [0.1, 0.15) is 24.1 Å². The lowest BCUT2D eigenvalue weighted by molar-refractivity contribution is 0.186. The van der Waals surface area contributed by atoms with Gasteiger partial charge in [0, 0.05) is 30.6 Å². The molecule has 0 bridgehead atoms. The summed E-state index contributed by atoms with van der Waals surface area (Å²) in [5.41, 5.74) is 0. The van der Waals surface area contributed by atoms with Crippen molar-refractivity contribution in [2.45, 2.75) is 35.9 Å². The molecule has 7 heteroatoms. The second kappa shape index (κ2) is 6.75. The normalized spacial score (nSPS) is 22.8. The van der Waals surface area contributed by atoms with Gasteiger partial charge in [-0.05, 0) is 43.7 Å². The molecule has 2 heterocycles. The Balaban J connectivity index is 1.50. The van der Waals surface area contributed by atoms with Crippen LogP contribution in [0.5, 0.6) is 0 Å². The van der Waals surface area contributed by atoms with E-state index in [0.29, 0.717) is 29.3 Å². The van der Waals surface area contributed by atoms with Gasteiger partial charge in [-0.2, -0.15) is 0 Å². The van der Waals surface area contributed by atoms with Crippen molar-refractivity contribution in [3.63, 3.8) is 0 Å². The van der Waals surface area contributed by atoms with Crippen molar-refractivity contribution < 1.29 is 13.2 Å². The number of sulfonamides is 1. The summed E-state index contributed by atoms with van der Waals surface area (Å²) >= 11 is 1.37. The van der Waals surface area contributed by atoms with E-state index in [0.717, 1.165) is 30.9 Å². The summed E-state index contributed by atoms with van der Waals surface area (Å²) in [6.07, 6.45) is 4.38. The predicted octanol–water partition coefficient (Wildman–Crippen LogP) is 1.36. The Morgan fingerprint density at radius 1 is 1.29 bits per heavy atom. The second-order valence-corrected chi connectivity index (χ2v) is 8.94. The monoisotopic (exact) mass is 330 g/mol. The molecular weight excluding hydrogens is 308 g/mol. The summed E-state index contributed by atoms with van der Waals surface area (Å²) in [6.45, 7) is 2.80. The highest BCUT2D eigenvalue weighted by atomic mass is 32.2. The molecule has 1 aromatic rings. The molecule has 1 aliphatic carbocycles. The highest BCUT2D eigenvalue weighted by Gasteiger charge is 2.22. The third-order valence-corrected chi connectivity index (χ3v) is 6.93. The molecule has 2 aliphatic rings. The lowest BCUT2D eigenvalue weighted by Gasteiger charge is -2.08. The van der Waals surface area contributed by atoms with E-state index in [-0.39, 0.29) is 0 Å². The van der Waals surface area contributed by atoms with Gasteiger partial charge in [-0.3, -0.25) is 0 Å². The van der Waals surface area contributed by atoms with Crippen LogP contribution in [0.4, 0.5) is 0 Å². The van der Waals surface area contributed by atoms with E-state index in [1.165, 1.54) is 24.2 Å². The number of nitrogens with one attached hydrogen (secondary N) is 2. The molecule has 1 unspecified atom stereocenters. The van der Waals surface area contributed by atoms with Gasteiger partial charge >= 0.3 is 0 Å². The summed E-state index contributed by atoms with van der Waals surface area (Å²) in [5, 5.41) is 3.44. The zero-order chi connectivity index (χ0) is 14.7. The smallest absolute Gasteiger partial charge is 0.250 e. The van der Waals surface area contributed by atoms with E-state index in [1.54, 1.807) is 6.07 Å². The van der Waals surface area contributed by atoms with E-state index in [2.05, 4.69) is 10.0 Å². The zero-order valence-electron chi connectivity index (χ0n) is 12.0. The maximum absolute atomic E-state index is 12.2. The summed E-state index contributed by atoms with van der Waals surface area (Å²) in [7, 11) is -3.36. The maximum atomic E-state index is 12.2. The summed E-state index contributed by atoms with van der Waals surface area (Å²) < 4.78 is 32.9. The van der Waals surface area contributed by atoms with E-state index >= 15 is 0 Å². The van der Waals surface area contributed by atoms with Crippen LogP contribution in [0.2, 0.25) is 0 Å². The lowest BCUT2D eigenvalue weighted by Crippen LogP contribution is -2.29. The van der Waals surface area contributed by atoms with Crippen LogP contribution in [-0.2, 0) is 21.2 Å². The van der Waals surface area contributed by atoms with Gasteiger partial charge in [-0.25, -0.2) is 13.1 Å². The summed E-state index contributed by atoms with van der Waals surface area (Å²) in [6, 6.07) is 4.33. The van der Waals surface area contributed by atoms with E-state index < -0.39 is 10.0 Å². The largest absolute Gasteiger partial charge is 0.381 e. The number of thiophene rings is 1. The molecule has 1 aromatic heterocycles. The molecular formula is C14H22N2O3S2. The predicted molar refractivity (Wildman–Crippen MR) is 83.2 cm³/mol. The quantitative estimate of drug-likeness (QED) is 0.755. The van der Waals surface area contributed by atoms with Crippen molar-refractivity contribution in [2.24, 2.45) is 5.92 Å². The zero-order valence-corrected chi connectivity index (χ0v) is 13.6. The molecule has 21 heavy (non-hydrogen) atoms. The molecule has 1 saturated carbocycles. The third-order valence-electron chi connectivity index (χ3n) is 3.87. The van der Waals surface area contributed by atoms with Crippen molar-refractivity contribution >= 4 is 21.4 Å².